The molecule has 5 heteroatoms. The Labute approximate surface area is 90.9 Å². The molecule has 0 aromatic carbocycles. The first kappa shape index (κ1) is 9.98. The average molecular weight is 229 g/mol. The smallest absolute Gasteiger partial charge is 0.367 e. The van der Waals surface area contributed by atoms with E-state index >= 15 is 0 Å². The number of hydrogen-bond acceptors (Lipinski definition) is 5. The van der Waals surface area contributed by atoms with E-state index in [2.05, 4.69) is 4.98 Å². The van der Waals surface area contributed by atoms with Crippen molar-refractivity contribution < 1.29 is 9.53 Å². The van der Waals surface area contributed by atoms with Crippen molar-refractivity contribution in [3.63, 3.8) is 0 Å². The molecule has 0 amide bonds. The van der Waals surface area contributed by atoms with Crippen LogP contribution in [-0.4, -0.2) is 23.3 Å². The third-order valence-corrected chi connectivity index (χ3v) is 4.19. The molecule has 2 heterocycles. The first-order valence-corrected chi connectivity index (χ1v) is 6.52. The van der Waals surface area contributed by atoms with Crippen LogP contribution >= 0.6 is 23.1 Å². The van der Waals surface area contributed by atoms with Gasteiger partial charge in [0.05, 0.1) is 12.3 Å². The van der Waals surface area contributed by atoms with Crippen LogP contribution in [0.3, 0.4) is 0 Å². The summed E-state index contributed by atoms with van der Waals surface area (Å²) in [5.74, 6) is 1.82. The molecule has 14 heavy (non-hydrogen) atoms. The van der Waals surface area contributed by atoms with Crippen molar-refractivity contribution in [2.75, 3.05) is 12.4 Å². The van der Waals surface area contributed by atoms with Crippen LogP contribution < -0.4 is 0 Å². The molecule has 1 aromatic heterocycles. The molecule has 0 bridgehead atoms. The molecule has 0 saturated carbocycles. The standard InChI is InChI=1S/C9H11NO2S2/c1-2-12-9(11)8-10-6-3-4-13-5-7(6)14-8/h2-5H2,1H3. The Morgan fingerprint density at radius 1 is 1.64 bits per heavy atom. The molecule has 0 aliphatic carbocycles. The van der Waals surface area contributed by atoms with Gasteiger partial charge in [-0.15, -0.1) is 11.3 Å². The topological polar surface area (TPSA) is 39.2 Å². The van der Waals surface area contributed by atoms with Gasteiger partial charge in [-0.1, -0.05) is 0 Å². The van der Waals surface area contributed by atoms with Crippen LogP contribution in [0.2, 0.25) is 0 Å². The number of aryl methyl sites for hydroxylation is 1. The molecule has 1 aliphatic rings. The van der Waals surface area contributed by atoms with Crippen LogP contribution in [0.1, 0.15) is 27.3 Å². The molecule has 0 spiro atoms. The fraction of sp³-hybridized carbons (Fsp3) is 0.556. The van der Waals surface area contributed by atoms with E-state index < -0.39 is 0 Å². The Hall–Kier alpha value is -0.550. The molecule has 3 nitrogen and oxygen atoms in total. The maximum Gasteiger partial charge on any atom is 0.367 e. The molecule has 0 saturated heterocycles. The van der Waals surface area contributed by atoms with Crippen molar-refractivity contribution in [2.24, 2.45) is 0 Å². The largest absolute Gasteiger partial charge is 0.461 e. The van der Waals surface area contributed by atoms with Gasteiger partial charge in [0.1, 0.15) is 0 Å². The molecule has 0 unspecified atom stereocenters. The predicted molar refractivity (Wildman–Crippen MR) is 57.9 cm³/mol. The van der Waals surface area contributed by atoms with Gasteiger partial charge in [0.15, 0.2) is 0 Å². The Morgan fingerprint density at radius 3 is 3.21 bits per heavy atom. The molecule has 0 radical (unpaired) electrons. The maximum atomic E-state index is 11.4. The number of aromatic nitrogens is 1. The summed E-state index contributed by atoms with van der Waals surface area (Å²) < 4.78 is 4.91. The number of hydrogen-bond donors (Lipinski definition) is 0. The second kappa shape index (κ2) is 4.31. The van der Waals surface area contributed by atoms with E-state index in [0.717, 1.165) is 23.6 Å². The maximum absolute atomic E-state index is 11.4. The Morgan fingerprint density at radius 2 is 2.50 bits per heavy atom. The number of esters is 1. The van der Waals surface area contributed by atoms with Gasteiger partial charge < -0.3 is 4.74 Å². The third-order valence-electron chi connectivity index (χ3n) is 1.94. The normalized spacial score (nSPS) is 14.9. The molecule has 0 N–H and O–H groups in total. The zero-order valence-corrected chi connectivity index (χ0v) is 9.54. The molecule has 0 atom stereocenters. The highest BCUT2D eigenvalue weighted by atomic mass is 32.2. The van der Waals surface area contributed by atoms with E-state index in [1.54, 1.807) is 6.92 Å². The lowest BCUT2D eigenvalue weighted by Gasteiger charge is -2.06. The second-order valence-electron chi connectivity index (χ2n) is 2.91. The predicted octanol–water partition coefficient (Wildman–Crippen LogP) is 2.11. The molecular formula is C9H11NO2S2. The minimum atomic E-state index is -0.281. The average Bonchev–Trinajstić information content (AvgIpc) is 2.61. The van der Waals surface area contributed by atoms with Gasteiger partial charge in [-0.25, -0.2) is 9.78 Å². The van der Waals surface area contributed by atoms with Crippen molar-refractivity contribution >= 4 is 29.1 Å². The summed E-state index contributed by atoms with van der Waals surface area (Å²) in [5.41, 5.74) is 1.09. The lowest BCUT2D eigenvalue weighted by Crippen LogP contribution is -2.04. The first-order chi connectivity index (χ1) is 6.81. The van der Waals surface area contributed by atoms with E-state index in [9.17, 15) is 4.79 Å². The van der Waals surface area contributed by atoms with Gasteiger partial charge in [-0.3, -0.25) is 0 Å². The van der Waals surface area contributed by atoms with E-state index in [0.29, 0.717) is 11.6 Å². The number of nitrogens with zero attached hydrogens (tertiary/aromatic N) is 1. The van der Waals surface area contributed by atoms with E-state index in [1.165, 1.54) is 16.2 Å². The molecule has 1 aromatic rings. The number of fused-ring (bicyclic) bond motifs is 1. The minimum Gasteiger partial charge on any atom is -0.461 e. The van der Waals surface area contributed by atoms with Crippen molar-refractivity contribution in [3.05, 3.63) is 15.6 Å². The van der Waals surface area contributed by atoms with Crippen molar-refractivity contribution in [2.45, 2.75) is 19.1 Å². The monoisotopic (exact) mass is 229 g/mol. The highest BCUT2D eigenvalue weighted by Gasteiger charge is 2.19. The minimum absolute atomic E-state index is 0.281. The summed E-state index contributed by atoms with van der Waals surface area (Å²) in [6.45, 7) is 2.22. The fourth-order valence-corrected chi connectivity index (χ4v) is 3.42. The van der Waals surface area contributed by atoms with Crippen LogP contribution in [0.5, 0.6) is 0 Å². The molecule has 76 valence electrons. The summed E-state index contributed by atoms with van der Waals surface area (Å²) in [4.78, 5) is 16.9. The lowest BCUT2D eigenvalue weighted by atomic mass is 10.3. The Kier molecular flexibility index (Phi) is 3.08. The van der Waals surface area contributed by atoms with Crippen molar-refractivity contribution in [1.29, 1.82) is 0 Å². The summed E-state index contributed by atoms with van der Waals surface area (Å²) >= 11 is 3.37. The van der Waals surface area contributed by atoms with Crippen molar-refractivity contribution in [3.8, 4) is 0 Å². The number of carbonyl (C=O) groups is 1. The van der Waals surface area contributed by atoms with Crippen LogP contribution in [0.15, 0.2) is 0 Å². The second-order valence-corrected chi connectivity index (χ2v) is 5.10. The fourth-order valence-electron chi connectivity index (χ4n) is 1.31. The number of thioether (sulfide) groups is 1. The van der Waals surface area contributed by atoms with Crippen molar-refractivity contribution in [1.82, 2.24) is 4.98 Å². The lowest BCUT2D eigenvalue weighted by molar-refractivity contribution is 0.0525. The third kappa shape index (κ3) is 1.93. The van der Waals surface area contributed by atoms with Crippen LogP contribution in [0, 0.1) is 0 Å². The first-order valence-electron chi connectivity index (χ1n) is 4.54. The quantitative estimate of drug-likeness (QED) is 0.728. The molecular weight excluding hydrogens is 218 g/mol. The SMILES string of the molecule is CCOC(=O)c1nc2c(s1)CSCC2. The summed E-state index contributed by atoms with van der Waals surface area (Å²) in [6.07, 6.45) is 0.982. The van der Waals surface area contributed by atoms with E-state index in [-0.39, 0.29) is 5.97 Å². The number of rotatable bonds is 2. The van der Waals surface area contributed by atoms with Crippen LogP contribution in [0.4, 0.5) is 0 Å². The summed E-state index contributed by atoms with van der Waals surface area (Å²) in [7, 11) is 0. The zero-order chi connectivity index (χ0) is 9.97. The summed E-state index contributed by atoms with van der Waals surface area (Å²) in [5, 5.41) is 0.513. The van der Waals surface area contributed by atoms with Gasteiger partial charge in [-0.05, 0) is 19.1 Å². The molecule has 2 rings (SSSR count). The Bertz CT molecular complexity index is 325. The van der Waals surface area contributed by atoms with Crippen LogP contribution in [0.25, 0.3) is 0 Å². The van der Waals surface area contributed by atoms with E-state index in [1.807, 2.05) is 11.8 Å². The zero-order valence-electron chi connectivity index (χ0n) is 7.91. The Balaban J connectivity index is 2.19. The van der Waals surface area contributed by atoms with Gasteiger partial charge >= 0.3 is 5.97 Å². The highest BCUT2D eigenvalue weighted by molar-refractivity contribution is 7.98. The highest BCUT2D eigenvalue weighted by Crippen LogP contribution is 2.29. The summed E-state index contributed by atoms with van der Waals surface area (Å²) in [6, 6.07) is 0. The van der Waals surface area contributed by atoms with Gasteiger partial charge in [-0.2, -0.15) is 11.8 Å². The molecule has 1 aliphatic heterocycles. The van der Waals surface area contributed by atoms with Gasteiger partial charge in [0.2, 0.25) is 5.01 Å². The molecule has 0 fully saturated rings. The van der Waals surface area contributed by atoms with Crippen LogP contribution in [-0.2, 0) is 16.9 Å². The number of carbonyl (C=O) groups excluding carboxylic acids is 1. The van der Waals surface area contributed by atoms with Gasteiger partial charge in [0.25, 0.3) is 0 Å². The van der Waals surface area contributed by atoms with Gasteiger partial charge in [0, 0.05) is 10.6 Å². The number of ether oxygens (including phenoxy) is 1. The van der Waals surface area contributed by atoms with E-state index in [4.69, 9.17) is 4.74 Å². The number of thiazole rings is 1.